The van der Waals surface area contributed by atoms with Crippen molar-refractivity contribution in [2.45, 2.75) is 64.3 Å². The molecule has 0 N–H and O–H groups in total. The van der Waals surface area contributed by atoms with Crippen molar-refractivity contribution in [3.8, 4) is 0 Å². The highest BCUT2D eigenvalue weighted by molar-refractivity contribution is 6.04. The number of para-hydroxylation sites is 1. The molecule has 1 saturated heterocycles. The van der Waals surface area contributed by atoms with Crippen molar-refractivity contribution in [1.82, 2.24) is 4.90 Å². The van der Waals surface area contributed by atoms with Crippen molar-refractivity contribution in [1.29, 1.82) is 0 Å². The third kappa shape index (κ3) is 5.62. The summed E-state index contributed by atoms with van der Waals surface area (Å²) >= 11 is 0. The largest absolute Gasteiger partial charge is 0.303 e. The minimum Gasteiger partial charge on any atom is -0.303 e. The summed E-state index contributed by atoms with van der Waals surface area (Å²) < 4.78 is 0. The summed E-state index contributed by atoms with van der Waals surface area (Å²) in [5, 5.41) is 0. The van der Waals surface area contributed by atoms with Gasteiger partial charge in [-0.25, -0.2) is 0 Å². The Labute approximate surface area is 187 Å². The van der Waals surface area contributed by atoms with Gasteiger partial charge in [-0.3, -0.25) is 14.5 Å². The Bertz CT molecular complexity index is 827. The van der Waals surface area contributed by atoms with Gasteiger partial charge in [0.25, 0.3) is 0 Å². The van der Waals surface area contributed by atoms with E-state index in [2.05, 4.69) is 36.1 Å². The number of carbonyl (C=O) groups is 2. The molecule has 1 amide bonds. The lowest BCUT2D eigenvalue weighted by Crippen LogP contribution is -2.62. The fourth-order valence-electron chi connectivity index (χ4n) is 4.64. The molecule has 0 spiro atoms. The summed E-state index contributed by atoms with van der Waals surface area (Å²) in [6.07, 6.45) is 5.21. The molecule has 1 aliphatic rings. The lowest BCUT2D eigenvalue weighted by molar-refractivity contribution is -0.130. The fraction of sp³-hybridized carbons (Fsp3) is 0.481. The first-order chi connectivity index (χ1) is 15.1. The van der Waals surface area contributed by atoms with Crippen LogP contribution in [-0.4, -0.2) is 41.8 Å². The Balaban J connectivity index is 1.81. The van der Waals surface area contributed by atoms with Gasteiger partial charge in [-0.2, -0.15) is 0 Å². The SMILES string of the molecule is CCCCC(=O)C1(N(C(=O)CC)c2ccccc2)CCN(CCc2ccccc2)CC1. The molecule has 31 heavy (non-hydrogen) atoms. The third-order valence-electron chi connectivity index (χ3n) is 6.51. The van der Waals surface area contributed by atoms with E-state index in [1.807, 2.05) is 48.2 Å². The topological polar surface area (TPSA) is 40.6 Å². The van der Waals surface area contributed by atoms with Crippen molar-refractivity contribution in [3.63, 3.8) is 0 Å². The zero-order valence-corrected chi connectivity index (χ0v) is 19.1. The van der Waals surface area contributed by atoms with Crippen LogP contribution in [0.2, 0.25) is 0 Å². The van der Waals surface area contributed by atoms with Gasteiger partial charge in [0.05, 0.1) is 0 Å². The molecule has 0 saturated carbocycles. The third-order valence-corrected chi connectivity index (χ3v) is 6.51. The summed E-state index contributed by atoms with van der Waals surface area (Å²) in [4.78, 5) is 31.0. The van der Waals surface area contributed by atoms with Crippen LogP contribution in [0.5, 0.6) is 0 Å². The van der Waals surface area contributed by atoms with E-state index in [0.29, 0.717) is 25.7 Å². The fourth-order valence-corrected chi connectivity index (χ4v) is 4.64. The molecule has 0 aliphatic carbocycles. The van der Waals surface area contributed by atoms with E-state index in [1.165, 1.54) is 5.56 Å². The van der Waals surface area contributed by atoms with Crippen molar-refractivity contribution in [2.24, 2.45) is 0 Å². The molecule has 2 aromatic rings. The minimum absolute atomic E-state index is 0.0359. The number of nitrogens with zero attached hydrogens (tertiary/aromatic N) is 2. The Kier molecular flexibility index (Phi) is 8.42. The highest BCUT2D eigenvalue weighted by atomic mass is 16.2. The van der Waals surface area contributed by atoms with Crippen LogP contribution >= 0.6 is 0 Å². The van der Waals surface area contributed by atoms with E-state index < -0.39 is 5.54 Å². The Hall–Kier alpha value is -2.46. The molecule has 0 atom stereocenters. The number of carbonyl (C=O) groups excluding carboxylic acids is 2. The predicted molar refractivity (Wildman–Crippen MR) is 127 cm³/mol. The summed E-state index contributed by atoms with van der Waals surface area (Å²) in [5.74, 6) is 0.261. The molecule has 4 heteroatoms. The van der Waals surface area contributed by atoms with Gasteiger partial charge < -0.3 is 4.90 Å². The highest BCUT2D eigenvalue weighted by Crippen LogP contribution is 2.36. The number of piperidine rings is 1. The maximum Gasteiger partial charge on any atom is 0.227 e. The molecule has 1 fully saturated rings. The number of ketones is 1. The number of hydrogen-bond acceptors (Lipinski definition) is 3. The summed E-state index contributed by atoms with van der Waals surface area (Å²) in [6.45, 7) is 6.65. The van der Waals surface area contributed by atoms with Crippen molar-refractivity contribution < 1.29 is 9.59 Å². The number of Topliss-reactive ketones (excluding diaryl/α,β-unsaturated/α-hetero) is 1. The number of rotatable bonds is 10. The number of anilines is 1. The van der Waals surface area contributed by atoms with Crippen molar-refractivity contribution >= 4 is 17.4 Å². The molecule has 1 heterocycles. The average Bonchev–Trinajstić information content (AvgIpc) is 2.83. The predicted octanol–water partition coefficient (Wildman–Crippen LogP) is 5.27. The van der Waals surface area contributed by atoms with Crippen molar-refractivity contribution in [2.75, 3.05) is 24.5 Å². The Morgan fingerprint density at radius 2 is 1.55 bits per heavy atom. The molecule has 1 aliphatic heterocycles. The van der Waals surface area contributed by atoms with Crippen molar-refractivity contribution in [3.05, 3.63) is 66.2 Å². The van der Waals surface area contributed by atoms with E-state index in [0.717, 1.165) is 44.6 Å². The van der Waals surface area contributed by atoms with E-state index in [1.54, 1.807) is 0 Å². The number of benzene rings is 2. The monoisotopic (exact) mass is 420 g/mol. The van der Waals surface area contributed by atoms with E-state index in [9.17, 15) is 9.59 Å². The van der Waals surface area contributed by atoms with Crippen LogP contribution in [0.15, 0.2) is 60.7 Å². The van der Waals surface area contributed by atoms with E-state index in [4.69, 9.17) is 0 Å². The van der Waals surface area contributed by atoms with Gasteiger partial charge >= 0.3 is 0 Å². The highest BCUT2D eigenvalue weighted by Gasteiger charge is 2.47. The maximum atomic E-state index is 13.6. The minimum atomic E-state index is -0.729. The van der Waals surface area contributed by atoms with Crippen LogP contribution in [0.25, 0.3) is 0 Å². The van der Waals surface area contributed by atoms with E-state index in [-0.39, 0.29) is 11.7 Å². The van der Waals surface area contributed by atoms with E-state index >= 15 is 0 Å². The van der Waals surface area contributed by atoms with Crippen LogP contribution in [-0.2, 0) is 16.0 Å². The zero-order valence-electron chi connectivity index (χ0n) is 19.1. The first-order valence-electron chi connectivity index (χ1n) is 11.8. The summed E-state index contributed by atoms with van der Waals surface area (Å²) in [6, 6.07) is 20.3. The summed E-state index contributed by atoms with van der Waals surface area (Å²) in [5.41, 5.74) is 1.45. The van der Waals surface area contributed by atoms with Gasteiger partial charge in [0.15, 0.2) is 5.78 Å². The van der Waals surface area contributed by atoms with Gasteiger partial charge in [0, 0.05) is 38.2 Å². The molecule has 0 unspecified atom stereocenters. The first-order valence-corrected chi connectivity index (χ1v) is 11.8. The molecule has 4 nitrogen and oxygen atoms in total. The standard InChI is InChI=1S/C27H36N2O2/c1-3-5-16-25(30)27(29(26(31)4-2)24-14-10-7-11-15-24)18-21-28(22-19-27)20-17-23-12-8-6-9-13-23/h6-15H,3-5,16-22H2,1-2H3. The molecular weight excluding hydrogens is 384 g/mol. The molecule has 166 valence electrons. The quantitative estimate of drug-likeness (QED) is 0.526. The van der Waals surface area contributed by atoms with Gasteiger partial charge in [0.1, 0.15) is 5.54 Å². The second kappa shape index (κ2) is 11.2. The van der Waals surface area contributed by atoms with Crippen LogP contribution in [0.4, 0.5) is 5.69 Å². The first kappa shape index (κ1) is 23.2. The maximum absolute atomic E-state index is 13.6. The molecule has 0 bridgehead atoms. The van der Waals surface area contributed by atoms with Gasteiger partial charge in [0.2, 0.25) is 5.91 Å². The molecular formula is C27H36N2O2. The average molecular weight is 421 g/mol. The lowest BCUT2D eigenvalue weighted by Gasteiger charge is -2.48. The lowest BCUT2D eigenvalue weighted by atomic mass is 9.79. The van der Waals surface area contributed by atoms with Gasteiger partial charge in [-0.1, -0.05) is 68.8 Å². The van der Waals surface area contributed by atoms with Gasteiger partial charge in [-0.15, -0.1) is 0 Å². The summed E-state index contributed by atoms with van der Waals surface area (Å²) in [7, 11) is 0. The van der Waals surface area contributed by atoms with Crippen LogP contribution in [0.1, 0.15) is 57.9 Å². The Morgan fingerprint density at radius 3 is 2.13 bits per heavy atom. The normalized spacial score (nSPS) is 16.1. The second-order valence-electron chi connectivity index (χ2n) is 8.55. The molecule has 0 aromatic heterocycles. The zero-order chi connectivity index (χ0) is 22.1. The molecule has 3 rings (SSSR count). The van der Waals surface area contributed by atoms with Crippen LogP contribution in [0.3, 0.4) is 0 Å². The number of hydrogen-bond donors (Lipinski definition) is 0. The smallest absolute Gasteiger partial charge is 0.227 e. The molecule has 2 aromatic carbocycles. The number of amides is 1. The van der Waals surface area contributed by atoms with Gasteiger partial charge in [-0.05, 0) is 43.4 Å². The second-order valence-corrected chi connectivity index (χ2v) is 8.55. The number of unbranched alkanes of at least 4 members (excludes halogenated alkanes) is 1. The molecule has 0 radical (unpaired) electrons. The van der Waals surface area contributed by atoms with Crippen LogP contribution < -0.4 is 4.90 Å². The number of likely N-dealkylation sites (tertiary alicyclic amines) is 1. The van der Waals surface area contributed by atoms with Crippen LogP contribution in [0, 0.1) is 0 Å². The Morgan fingerprint density at radius 1 is 0.935 bits per heavy atom.